The summed E-state index contributed by atoms with van der Waals surface area (Å²) < 4.78 is 5.82. The Morgan fingerprint density at radius 2 is 1.77 bits per heavy atom. The molecule has 0 radical (unpaired) electrons. The summed E-state index contributed by atoms with van der Waals surface area (Å²) in [6.07, 6.45) is 15.8. The number of carbonyl (C=O) groups excluding carboxylic acids is 2. The van der Waals surface area contributed by atoms with Gasteiger partial charge in [0.05, 0.1) is 5.70 Å². The molecule has 0 aliphatic heterocycles. The zero-order chi connectivity index (χ0) is 21.3. The van der Waals surface area contributed by atoms with Crippen molar-refractivity contribution in [2.45, 2.75) is 65.2 Å². The van der Waals surface area contributed by atoms with Crippen molar-refractivity contribution in [2.24, 2.45) is 11.8 Å². The second-order valence-electron chi connectivity index (χ2n) is 8.30. The maximum absolute atomic E-state index is 12.7. The number of amides is 1. The van der Waals surface area contributed by atoms with E-state index in [4.69, 9.17) is 4.74 Å². The van der Waals surface area contributed by atoms with E-state index in [1.54, 1.807) is 6.08 Å². The lowest BCUT2D eigenvalue weighted by Gasteiger charge is -2.12. The molecule has 3 rings (SSSR count). The van der Waals surface area contributed by atoms with Gasteiger partial charge in [0.25, 0.3) is 0 Å². The highest BCUT2D eigenvalue weighted by Gasteiger charge is 2.32. The van der Waals surface area contributed by atoms with Crippen LogP contribution < -0.4 is 10.1 Å². The van der Waals surface area contributed by atoms with E-state index in [1.165, 1.54) is 25.7 Å². The monoisotopic (exact) mass is 407 g/mol. The molecule has 4 heteroatoms. The van der Waals surface area contributed by atoms with Gasteiger partial charge >= 0.3 is 0 Å². The fraction of sp³-hybridized carbons (Fsp3) is 0.462. The maximum atomic E-state index is 12.7. The molecule has 1 aromatic carbocycles. The number of carbonyl (C=O) groups is 2. The SMILES string of the molecule is C/C=C\C(=C/C)Oc1ccc(/C=C(\NC(=O)CCC2CCCC2)C(=O)C2CC2)cc1. The molecule has 2 aliphatic carbocycles. The number of hydrogen-bond donors (Lipinski definition) is 1. The summed E-state index contributed by atoms with van der Waals surface area (Å²) in [4.78, 5) is 25.2. The number of ether oxygens (including phenoxy) is 1. The lowest BCUT2D eigenvalue weighted by atomic mass is 10.0. The highest BCUT2D eigenvalue weighted by Crippen LogP contribution is 2.32. The summed E-state index contributed by atoms with van der Waals surface area (Å²) in [5.41, 5.74) is 1.29. The first-order chi connectivity index (χ1) is 14.6. The first kappa shape index (κ1) is 22.1. The van der Waals surface area contributed by atoms with E-state index in [2.05, 4.69) is 5.32 Å². The first-order valence-corrected chi connectivity index (χ1v) is 11.2. The number of allylic oxidation sites excluding steroid dienone is 4. The van der Waals surface area contributed by atoms with E-state index >= 15 is 0 Å². The smallest absolute Gasteiger partial charge is 0.224 e. The Hall–Kier alpha value is -2.62. The first-order valence-electron chi connectivity index (χ1n) is 11.2. The Bertz CT molecular complexity index is 822. The number of Topliss-reactive ketones (excluding diaryl/α,β-unsaturated/α-hetero) is 1. The molecule has 30 heavy (non-hydrogen) atoms. The molecule has 0 atom stereocenters. The van der Waals surface area contributed by atoms with E-state index in [9.17, 15) is 9.59 Å². The van der Waals surface area contributed by atoms with Gasteiger partial charge in [-0.3, -0.25) is 9.59 Å². The van der Waals surface area contributed by atoms with Crippen molar-refractivity contribution in [2.75, 3.05) is 0 Å². The molecule has 0 saturated heterocycles. The van der Waals surface area contributed by atoms with Gasteiger partial charge in [0.2, 0.25) is 5.91 Å². The predicted octanol–water partition coefficient (Wildman–Crippen LogP) is 5.95. The van der Waals surface area contributed by atoms with Crippen molar-refractivity contribution in [3.05, 3.63) is 59.5 Å². The summed E-state index contributed by atoms with van der Waals surface area (Å²) in [6, 6.07) is 7.56. The summed E-state index contributed by atoms with van der Waals surface area (Å²) in [5, 5.41) is 2.91. The Morgan fingerprint density at radius 1 is 1.07 bits per heavy atom. The minimum Gasteiger partial charge on any atom is -0.458 e. The van der Waals surface area contributed by atoms with Crippen LogP contribution in [0.25, 0.3) is 6.08 Å². The van der Waals surface area contributed by atoms with Gasteiger partial charge < -0.3 is 10.1 Å². The molecule has 1 amide bonds. The van der Waals surface area contributed by atoms with Crippen molar-refractivity contribution in [3.8, 4) is 5.75 Å². The van der Waals surface area contributed by atoms with E-state index in [1.807, 2.05) is 56.3 Å². The van der Waals surface area contributed by atoms with Crippen molar-refractivity contribution < 1.29 is 14.3 Å². The van der Waals surface area contributed by atoms with Gasteiger partial charge in [-0.15, -0.1) is 0 Å². The normalized spacial score (nSPS) is 18.1. The van der Waals surface area contributed by atoms with Crippen molar-refractivity contribution >= 4 is 17.8 Å². The fourth-order valence-corrected chi connectivity index (χ4v) is 3.87. The number of rotatable bonds is 10. The maximum Gasteiger partial charge on any atom is 0.224 e. The predicted molar refractivity (Wildman–Crippen MR) is 121 cm³/mol. The quantitative estimate of drug-likeness (QED) is 0.296. The largest absolute Gasteiger partial charge is 0.458 e. The van der Waals surface area contributed by atoms with Crippen LogP contribution in [0.3, 0.4) is 0 Å². The topological polar surface area (TPSA) is 55.4 Å². The minimum absolute atomic E-state index is 0.0498. The van der Waals surface area contributed by atoms with E-state index in [0.29, 0.717) is 18.0 Å². The van der Waals surface area contributed by atoms with Crippen LogP contribution in [-0.4, -0.2) is 11.7 Å². The summed E-state index contributed by atoms with van der Waals surface area (Å²) in [5.74, 6) is 2.24. The van der Waals surface area contributed by atoms with Gasteiger partial charge in [-0.05, 0) is 75.0 Å². The van der Waals surface area contributed by atoms with Crippen LogP contribution in [0.5, 0.6) is 5.75 Å². The van der Waals surface area contributed by atoms with Crippen LogP contribution in [0, 0.1) is 11.8 Å². The third-order valence-corrected chi connectivity index (χ3v) is 5.78. The molecule has 2 aliphatic rings. The van der Waals surface area contributed by atoms with Crippen LogP contribution in [-0.2, 0) is 9.59 Å². The fourth-order valence-electron chi connectivity index (χ4n) is 3.87. The van der Waals surface area contributed by atoms with Gasteiger partial charge in [-0.2, -0.15) is 0 Å². The molecule has 2 fully saturated rings. The Balaban J connectivity index is 1.65. The number of ketones is 1. The molecule has 0 bridgehead atoms. The highest BCUT2D eigenvalue weighted by molar-refractivity contribution is 6.04. The van der Waals surface area contributed by atoms with Gasteiger partial charge in [-0.25, -0.2) is 0 Å². The van der Waals surface area contributed by atoms with E-state index in [-0.39, 0.29) is 17.6 Å². The van der Waals surface area contributed by atoms with Crippen molar-refractivity contribution in [3.63, 3.8) is 0 Å². The summed E-state index contributed by atoms with van der Waals surface area (Å²) >= 11 is 0. The third-order valence-electron chi connectivity index (χ3n) is 5.78. The summed E-state index contributed by atoms with van der Waals surface area (Å²) in [7, 11) is 0. The van der Waals surface area contributed by atoms with E-state index in [0.717, 1.165) is 36.3 Å². The molecule has 0 aromatic heterocycles. The number of benzene rings is 1. The standard InChI is InChI=1S/C26H33NO3/c1-3-7-22(4-2)30-23-15-10-20(11-16-23)18-24(26(29)21-13-14-21)27-25(28)17-12-19-8-5-6-9-19/h3-4,7,10-11,15-16,18-19,21H,5-6,8-9,12-14,17H2,1-2H3,(H,27,28)/b7-3-,22-4+,24-18-. The van der Waals surface area contributed by atoms with Gasteiger partial charge in [-0.1, -0.05) is 43.9 Å². The molecule has 0 spiro atoms. The molecule has 0 heterocycles. The lowest BCUT2D eigenvalue weighted by molar-refractivity contribution is -0.123. The molecule has 0 unspecified atom stereocenters. The Kier molecular flexibility index (Phi) is 8.06. The van der Waals surface area contributed by atoms with Gasteiger partial charge in [0.1, 0.15) is 11.5 Å². The third kappa shape index (κ3) is 6.72. The van der Waals surface area contributed by atoms with Crippen LogP contribution in [0.4, 0.5) is 0 Å². The molecular weight excluding hydrogens is 374 g/mol. The van der Waals surface area contributed by atoms with Gasteiger partial charge in [0, 0.05) is 12.3 Å². The van der Waals surface area contributed by atoms with E-state index < -0.39 is 0 Å². The number of nitrogens with one attached hydrogen (secondary N) is 1. The molecule has 1 N–H and O–H groups in total. The van der Waals surface area contributed by atoms with Crippen LogP contribution in [0.2, 0.25) is 0 Å². The second-order valence-corrected chi connectivity index (χ2v) is 8.30. The molecule has 1 aromatic rings. The zero-order valence-electron chi connectivity index (χ0n) is 18.2. The average molecular weight is 408 g/mol. The molecule has 2 saturated carbocycles. The summed E-state index contributed by atoms with van der Waals surface area (Å²) in [6.45, 7) is 3.87. The van der Waals surface area contributed by atoms with Crippen molar-refractivity contribution in [1.82, 2.24) is 5.32 Å². The van der Waals surface area contributed by atoms with Crippen LogP contribution in [0.15, 0.2) is 53.9 Å². The van der Waals surface area contributed by atoms with Crippen LogP contribution in [0.1, 0.15) is 70.8 Å². The average Bonchev–Trinajstić information content (AvgIpc) is 3.47. The van der Waals surface area contributed by atoms with Gasteiger partial charge in [0.15, 0.2) is 5.78 Å². The molecular formula is C26H33NO3. The Morgan fingerprint density at radius 3 is 2.37 bits per heavy atom. The molecule has 160 valence electrons. The Labute approximate surface area is 180 Å². The number of hydrogen-bond acceptors (Lipinski definition) is 3. The zero-order valence-corrected chi connectivity index (χ0v) is 18.2. The highest BCUT2D eigenvalue weighted by atomic mass is 16.5. The minimum atomic E-state index is -0.0498. The van der Waals surface area contributed by atoms with Crippen LogP contribution >= 0.6 is 0 Å². The second kappa shape index (κ2) is 11.0. The molecule has 4 nitrogen and oxygen atoms in total. The van der Waals surface area contributed by atoms with Crippen molar-refractivity contribution in [1.29, 1.82) is 0 Å². The lowest BCUT2D eigenvalue weighted by Crippen LogP contribution is -2.28.